The van der Waals surface area contributed by atoms with Crippen LogP contribution >= 0.6 is 0 Å². The molecule has 0 radical (unpaired) electrons. The molecular formula is C29H38FN5O3. The van der Waals surface area contributed by atoms with Crippen molar-refractivity contribution < 1.29 is 18.7 Å². The highest BCUT2D eigenvalue weighted by Crippen LogP contribution is 2.43. The second-order valence-electron chi connectivity index (χ2n) is 11.5. The number of carbonyl (C=O) groups excluding carboxylic acids is 2. The monoisotopic (exact) mass is 523 g/mol. The van der Waals surface area contributed by atoms with Crippen LogP contribution in [-0.2, 0) is 22.5 Å². The van der Waals surface area contributed by atoms with Crippen LogP contribution < -0.4 is 5.32 Å². The van der Waals surface area contributed by atoms with Gasteiger partial charge >= 0.3 is 6.09 Å². The number of imidazole rings is 1. The first kappa shape index (κ1) is 25.3. The normalized spacial score (nSPS) is 25.7. The molecule has 2 unspecified atom stereocenters. The Morgan fingerprint density at radius 3 is 2.61 bits per heavy atom. The molecule has 2 bridgehead atoms. The van der Waals surface area contributed by atoms with Crippen molar-refractivity contribution in [2.75, 3.05) is 20.2 Å². The van der Waals surface area contributed by atoms with E-state index in [1.165, 1.54) is 26.0 Å². The number of halogens is 1. The summed E-state index contributed by atoms with van der Waals surface area (Å²) in [6.07, 6.45) is 7.61. The highest BCUT2D eigenvalue weighted by molar-refractivity contribution is 5.81. The van der Waals surface area contributed by atoms with Crippen LogP contribution in [0.4, 0.5) is 9.18 Å². The largest absolute Gasteiger partial charge is 0.453 e. The topological polar surface area (TPSA) is 79.7 Å². The van der Waals surface area contributed by atoms with Crippen LogP contribution in [0.1, 0.15) is 79.8 Å². The smallest absolute Gasteiger partial charge is 0.409 e. The first-order chi connectivity index (χ1) is 18.4. The number of nitrogens with one attached hydrogen (secondary N) is 1. The second kappa shape index (κ2) is 10.3. The fraction of sp³-hybridized carbons (Fsp3) is 0.621. The second-order valence-corrected chi connectivity index (χ2v) is 11.5. The minimum Gasteiger partial charge on any atom is -0.453 e. The number of ether oxygens (including phenoxy) is 1. The quantitative estimate of drug-likeness (QED) is 0.586. The predicted octanol–water partition coefficient (Wildman–Crippen LogP) is 4.28. The molecule has 1 N–H and O–H groups in total. The van der Waals surface area contributed by atoms with E-state index in [2.05, 4.69) is 21.7 Å². The van der Waals surface area contributed by atoms with E-state index in [4.69, 9.17) is 9.72 Å². The van der Waals surface area contributed by atoms with Crippen molar-refractivity contribution in [2.24, 2.45) is 5.92 Å². The standard InChI is InChI=1S/C29H38FN5O3/c1-18-31-26-10-12-33(29(37)38-2)17-27(26)35(18)24-15-22-8-9-23(16-24)34(22)13-11-25(32-28(36)19-6-7-19)20-4-3-5-21(30)14-20/h3-5,14,19,22-25H,6-13,15-17H2,1-2H3,(H,32,36)/t22?,23?,24?,25-/m0/s1. The number of nitrogens with zero attached hydrogens (tertiary/aromatic N) is 4. The molecule has 9 heteroatoms. The molecule has 38 heavy (non-hydrogen) atoms. The molecule has 3 fully saturated rings. The molecule has 1 saturated carbocycles. The van der Waals surface area contributed by atoms with Gasteiger partial charge in [0.25, 0.3) is 0 Å². The van der Waals surface area contributed by atoms with E-state index in [0.29, 0.717) is 31.2 Å². The lowest BCUT2D eigenvalue weighted by Crippen LogP contribution is -2.45. The van der Waals surface area contributed by atoms with Gasteiger partial charge in [0, 0.05) is 43.6 Å². The number of methoxy groups -OCH3 is 1. The van der Waals surface area contributed by atoms with Gasteiger partial charge in [-0.25, -0.2) is 14.2 Å². The Bertz CT molecular complexity index is 1200. The third-order valence-electron chi connectivity index (χ3n) is 9.08. The molecule has 2 saturated heterocycles. The molecule has 204 valence electrons. The molecule has 0 spiro atoms. The summed E-state index contributed by atoms with van der Waals surface area (Å²) in [5.41, 5.74) is 3.12. The van der Waals surface area contributed by atoms with E-state index in [-0.39, 0.29) is 29.8 Å². The van der Waals surface area contributed by atoms with Crippen LogP contribution in [0.5, 0.6) is 0 Å². The van der Waals surface area contributed by atoms with Gasteiger partial charge in [-0.05, 0) is 69.6 Å². The summed E-state index contributed by atoms with van der Waals surface area (Å²) in [5.74, 6) is 0.993. The SMILES string of the molecule is COC(=O)N1CCc2nc(C)n(C3CC4CCC(C3)N4CC[C@H](NC(=O)C3CC3)c3cccc(F)c3)c2C1. The molecule has 3 atom stereocenters. The van der Waals surface area contributed by atoms with Crippen molar-refractivity contribution in [3.05, 3.63) is 52.9 Å². The summed E-state index contributed by atoms with van der Waals surface area (Å²) in [4.78, 5) is 34.1. The van der Waals surface area contributed by atoms with Crippen molar-refractivity contribution in [2.45, 2.75) is 89.0 Å². The molecule has 2 amide bonds. The average Bonchev–Trinajstić information content (AvgIpc) is 3.67. The first-order valence-corrected chi connectivity index (χ1v) is 14.1. The van der Waals surface area contributed by atoms with Gasteiger partial charge in [0.1, 0.15) is 11.6 Å². The zero-order valence-corrected chi connectivity index (χ0v) is 22.4. The van der Waals surface area contributed by atoms with E-state index in [1.54, 1.807) is 17.0 Å². The predicted molar refractivity (Wildman–Crippen MR) is 140 cm³/mol. The zero-order valence-electron chi connectivity index (χ0n) is 22.4. The van der Waals surface area contributed by atoms with Crippen LogP contribution in [-0.4, -0.2) is 63.6 Å². The van der Waals surface area contributed by atoms with E-state index >= 15 is 0 Å². The lowest BCUT2D eigenvalue weighted by atomic mass is 9.95. The molecular weight excluding hydrogens is 485 g/mol. The van der Waals surface area contributed by atoms with E-state index in [0.717, 1.165) is 67.8 Å². The highest BCUT2D eigenvalue weighted by atomic mass is 19.1. The molecule has 4 heterocycles. The maximum absolute atomic E-state index is 14.0. The minimum atomic E-state index is -0.280. The Labute approximate surface area is 223 Å². The summed E-state index contributed by atoms with van der Waals surface area (Å²) in [6, 6.07) is 7.80. The number of rotatable bonds is 7. The van der Waals surface area contributed by atoms with Crippen LogP contribution in [0.15, 0.2) is 24.3 Å². The molecule has 6 rings (SSSR count). The molecule has 8 nitrogen and oxygen atoms in total. The number of aryl methyl sites for hydroxylation is 1. The third-order valence-corrected chi connectivity index (χ3v) is 9.08. The van der Waals surface area contributed by atoms with E-state index in [1.807, 2.05) is 6.07 Å². The lowest BCUT2D eigenvalue weighted by molar-refractivity contribution is -0.123. The van der Waals surface area contributed by atoms with Gasteiger partial charge in [-0.3, -0.25) is 9.69 Å². The van der Waals surface area contributed by atoms with E-state index in [9.17, 15) is 14.0 Å². The number of fused-ring (bicyclic) bond motifs is 3. The van der Waals surface area contributed by atoms with Crippen molar-refractivity contribution in [3.8, 4) is 0 Å². The Balaban J connectivity index is 1.15. The number of piperidine rings is 1. The molecule has 1 aliphatic carbocycles. The molecule has 4 aliphatic rings. The van der Waals surface area contributed by atoms with Gasteiger partial charge < -0.3 is 19.5 Å². The summed E-state index contributed by atoms with van der Waals surface area (Å²) >= 11 is 0. The van der Waals surface area contributed by atoms with Gasteiger partial charge in [0.15, 0.2) is 0 Å². The maximum atomic E-state index is 14.0. The van der Waals surface area contributed by atoms with Gasteiger partial charge in [-0.2, -0.15) is 0 Å². The van der Waals surface area contributed by atoms with Crippen molar-refractivity contribution in [1.29, 1.82) is 0 Å². The van der Waals surface area contributed by atoms with Gasteiger partial charge in [0.05, 0.1) is 31.1 Å². The number of amides is 2. The summed E-state index contributed by atoms with van der Waals surface area (Å²) in [6.45, 7) is 4.16. The minimum absolute atomic E-state index is 0.0993. The van der Waals surface area contributed by atoms with Crippen molar-refractivity contribution in [1.82, 2.24) is 24.7 Å². The fourth-order valence-corrected chi connectivity index (χ4v) is 7.07. The summed E-state index contributed by atoms with van der Waals surface area (Å²) < 4.78 is 21.4. The molecule has 1 aromatic carbocycles. The fourth-order valence-electron chi connectivity index (χ4n) is 7.07. The van der Waals surface area contributed by atoms with Gasteiger partial charge in [-0.1, -0.05) is 12.1 Å². The van der Waals surface area contributed by atoms with Gasteiger partial charge in [0.2, 0.25) is 5.91 Å². The summed E-state index contributed by atoms with van der Waals surface area (Å²) in [7, 11) is 1.43. The lowest BCUT2D eigenvalue weighted by Gasteiger charge is -2.41. The highest BCUT2D eigenvalue weighted by Gasteiger charge is 2.43. The number of hydrogen-bond acceptors (Lipinski definition) is 5. The molecule has 2 aromatic rings. The number of aromatic nitrogens is 2. The van der Waals surface area contributed by atoms with Crippen molar-refractivity contribution >= 4 is 12.0 Å². The zero-order chi connectivity index (χ0) is 26.4. The number of benzene rings is 1. The van der Waals surface area contributed by atoms with Crippen LogP contribution in [0.25, 0.3) is 0 Å². The third kappa shape index (κ3) is 4.93. The molecule has 3 aliphatic heterocycles. The van der Waals surface area contributed by atoms with Crippen LogP contribution in [0.3, 0.4) is 0 Å². The van der Waals surface area contributed by atoms with Crippen LogP contribution in [0.2, 0.25) is 0 Å². The van der Waals surface area contributed by atoms with Crippen molar-refractivity contribution in [3.63, 3.8) is 0 Å². The maximum Gasteiger partial charge on any atom is 0.409 e. The Morgan fingerprint density at radius 1 is 1.16 bits per heavy atom. The summed E-state index contributed by atoms with van der Waals surface area (Å²) in [5, 5.41) is 3.22. The van der Waals surface area contributed by atoms with Crippen LogP contribution in [0, 0.1) is 18.7 Å². The number of carbonyl (C=O) groups is 2. The number of hydrogen-bond donors (Lipinski definition) is 1. The Kier molecular flexibility index (Phi) is 6.88. The molecule has 1 aromatic heterocycles. The van der Waals surface area contributed by atoms with Gasteiger partial charge in [-0.15, -0.1) is 0 Å². The average molecular weight is 524 g/mol. The van der Waals surface area contributed by atoms with E-state index < -0.39 is 0 Å². The first-order valence-electron chi connectivity index (χ1n) is 14.1. The Hall–Kier alpha value is -2.94. The Morgan fingerprint density at radius 2 is 1.92 bits per heavy atom.